The maximum Gasteiger partial charge on any atom is 0.0604 e. The molecule has 2 rings (SSSR count). The lowest BCUT2D eigenvalue weighted by Crippen LogP contribution is -2.39. The van der Waals surface area contributed by atoms with Gasteiger partial charge in [0, 0.05) is 19.6 Å². The van der Waals surface area contributed by atoms with Gasteiger partial charge in [0.1, 0.15) is 0 Å². The highest BCUT2D eigenvalue weighted by atomic mass is 15.2. The second-order valence-electron chi connectivity index (χ2n) is 7.79. The van der Waals surface area contributed by atoms with Gasteiger partial charge >= 0.3 is 0 Å². The van der Waals surface area contributed by atoms with Crippen molar-refractivity contribution >= 4 is 11.4 Å². The third kappa shape index (κ3) is 4.78. The third-order valence-corrected chi connectivity index (χ3v) is 5.27. The van der Waals surface area contributed by atoms with Crippen molar-refractivity contribution in [2.24, 2.45) is 5.92 Å². The fourth-order valence-electron chi connectivity index (χ4n) is 3.93. The summed E-state index contributed by atoms with van der Waals surface area (Å²) in [7, 11) is 2.05. The van der Waals surface area contributed by atoms with Gasteiger partial charge in [0.15, 0.2) is 0 Å². The van der Waals surface area contributed by atoms with Crippen molar-refractivity contribution in [2.75, 3.05) is 23.8 Å². The zero-order valence-corrected chi connectivity index (χ0v) is 16.1. The Kier molecular flexibility index (Phi) is 7.20. The Hall–Kier alpha value is -1.44. The molecule has 0 aliphatic heterocycles. The molecule has 0 heterocycles. The van der Waals surface area contributed by atoms with Gasteiger partial charge in [0.05, 0.1) is 11.4 Å². The molecule has 24 heavy (non-hydrogen) atoms. The molecule has 1 unspecified atom stereocenters. The van der Waals surface area contributed by atoms with Crippen molar-refractivity contribution < 1.29 is 0 Å². The highest BCUT2D eigenvalue weighted by molar-refractivity contribution is 5.71. The van der Waals surface area contributed by atoms with E-state index in [1.807, 2.05) is 6.08 Å². The van der Waals surface area contributed by atoms with E-state index in [0.29, 0.717) is 17.9 Å². The van der Waals surface area contributed by atoms with Crippen LogP contribution in [-0.2, 0) is 0 Å². The van der Waals surface area contributed by atoms with Crippen LogP contribution >= 0.6 is 0 Å². The summed E-state index contributed by atoms with van der Waals surface area (Å²) in [5, 5.41) is 3.46. The van der Waals surface area contributed by atoms with Crippen molar-refractivity contribution in [3.05, 3.63) is 36.4 Å². The van der Waals surface area contributed by atoms with E-state index < -0.39 is 0 Å². The Balaban J connectivity index is 2.31. The van der Waals surface area contributed by atoms with Crippen LogP contribution < -0.4 is 10.2 Å². The summed E-state index contributed by atoms with van der Waals surface area (Å²) in [6.07, 6.45) is 9.88. The van der Waals surface area contributed by atoms with Crippen LogP contribution in [0.2, 0.25) is 0 Å². The molecule has 1 aromatic rings. The molecule has 1 aromatic carbocycles. The molecule has 1 saturated carbocycles. The largest absolute Gasteiger partial charge is 0.386 e. The monoisotopic (exact) mass is 328 g/mol. The first-order valence-corrected chi connectivity index (χ1v) is 9.76. The first-order chi connectivity index (χ1) is 11.6. The summed E-state index contributed by atoms with van der Waals surface area (Å²) in [6, 6.07) is 7.71. The summed E-state index contributed by atoms with van der Waals surface area (Å²) in [6.45, 7) is 12.0. The zero-order valence-electron chi connectivity index (χ0n) is 16.1. The Bertz CT molecular complexity index is 515. The summed E-state index contributed by atoms with van der Waals surface area (Å²) in [5.74, 6) is 1.20. The van der Waals surface area contributed by atoms with Crippen LogP contribution in [0, 0.1) is 5.92 Å². The Labute approximate surface area is 149 Å². The molecule has 1 N–H and O–H groups in total. The highest BCUT2D eigenvalue weighted by Crippen LogP contribution is 2.35. The molecule has 0 bridgehead atoms. The molecule has 0 spiro atoms. The van der Waals surface area contributed by atoms with Crippen molar-refractivity contribution in [2.45, 2.75) is 71.3 Å². The van der Waals surface area contributed by atoms with Gasteiger partial charge in [-0.25, -0.2) is 0 Å². The van der Waals surface area contributed by atoms with E-state index >= 15 is 0 Å². The Morgan fingerprint density at radius 3 is 2.50 bits per heavy atom. The molecule has 2 nitrogen and oxygen atoms in total. The van der Waals surface area contributed by atoms with Crippen LogP contribution in [0.5, 0.6) is 0 Å². The van der Waals surface area contributed by atoms with Crippen molar-refractivity contribution in [1.82, 2.24) is 0 Å². The summed E-state index contributed by atoms with van der Waals surface area (Å²) < 4.78 is 0. The standard InChI is InChI=1S/C22H36N2/c1-6-10-18(4)19-13-14-22(21(15-19)23-5)24(16-17(2)3)20-11-8-7-9-12-20/h6,13-15,17-18,20,23H,1,7-12,16H2,2-5H3. The number of benzene rings is 1. The van der Waals surface area contributed by atoms with E-state index in [1.165, 1.54) is 49.0 Å². The number of nitrogens with one attached hydrogen (secondary N) is 1. The van der Waals surface area contributed by atoms with Crippen LogP contribution in [0.15, 0.2) is 30.9 Å². The molecule has 1 aliphatic rings. The average molecular weight is 329 g/mol. The second-order valence-corrected chi connectivity index (χ2v) is 7.79. The topological polar surface area (TPSA) is 15.3 Å². The van der Waals surface area contributed by atoms with E-state index in [1.54, 1.807) is 0 Å². The molecule has 0 saturated heterocycles. The lowest BCUT2D eigenvalue weighted by molar-refractivity contribution is 0.401. The minimum atomic E-state index is 0.525. The predicted octanol–water partition coefficient (Wildman–Crippen LogP) is 6.20. The smallest absolute Gasteiger partial charge is 0.0604 e. The fourth-order valence-corrected chi connectivity index (χ4v) is 3.93. The lowest BCUT2D eigenvalue weighted by atomic mass is 9.92. The molecular weight excluding hydrogens is 292 g/mol. The first kappa shape index (κ1) is 18.9. The van der Waals surface area contributed by atoms with Gasteiger partial charge in [-0.3, -0.25) is 0 Å². The van der Waals surface area contributed by atoms with Gasteiger partial charge in [-0.2, -0.15) is 0 Å². The van der Waals surface area contributed by atoms with Gasteiger partial charge < -0.3 is 10.2 Å². The molecule has 0 radical (unpaired) electrons. The first-order valence-electron chi connectivity index (χ1n) is 9.76. The maximum absolute atomic E-state index is 3.88. The molecule has 0 amide bonds. The number of hydrogen-bond acceptors (Lipinski definition) is 2. The molecular formula is C22H36N2. The molecule has 1 fully saturated rings. The lowest BCUT2D eigenvalue weighted by Gasteiger charge is -2.38. The quantitative estimate of drug-likeness (QED) is 0.571. The van der Waals surface area contributed by atoms with Crippen LogP contribution in [0.3, 0.4) is 0 Å². The highest BCUT2D eigenvalue weighted by Gasteiger charge is 2.24. The van der Waals surface area contributed by atoms with Gasteiger partial charge in [-0.1, -0.05) is 52.2 Å². The Morgan fingerprint density at radius 2 is 1.92 bits per heavy atom. The number of nitrogens with zero attached hydrogens (tertiary/aromatic N) is 1. The van der Waals surface area contributed by atoms with E-state index in [9.17, 15) is 0 Å². The normalized spacial score (nSPS) is 16.9. The van der Waals surface area contributed by atoms with E-state index in [4.69, 9.17) is 0 Å². The van der Waals surface area contributed by atoms with Crippen LogP contribution in [0.25, 0.3) is 0 Å². The minimum Gasteiger partial charge on any atom is -0.386 e. The molecule has 1 atom stereocenters. The summed E-state index contributed by atoms with van der Waals surface area (Å²) >= 11 is 0. The second kappa shape index (κ2) is 9.15. The van der Waals surface area contributed by atoms with E-state index in [-0.39, 0.29) is 0 Å². The number of allylic oxidation sites excluding steroid dienone is 1. The summed E-state index contributed by atoms with van der Waals surface area (Å²) in [5.41, 5.74) is 4.05. The van der Waals surface area contributed by atoms with Gasteiger partial charge in [-0.15, -0.1) is 6.58 Å². The number of rotatable bonds is 8. The average Bonchev–Trinajstić information content (AvgIpc) is 2.60. The maximum atomic E-state index is 3.88. The van der Waals surface area contributed by atoms with Gasteiger partial charge in [-0.05, 0) is 48.8 Å². The van der Waals surface area contributed by atoms with Crippen LogP contribution in [-0.4, -0.2) is 19.6 Å². The van der Waals surface area contributed by atoms with Crippen molar-refractivity contribution in [3.8, 4) is 0 Å². The minimum absolute atomic E-state index is 0.525. The van der Waals surface area contributed by atoms with E-state index in [2.05, 4.69) is 62.8 Å². The molecule has 1 aliphatic carbocycles. The fraction of sp³-hybridized carbons (Fsp3) is 0.636. The SMILES string of the molecule is C=CCC(C)c1ccc(N(CC(C)C)C2CCCCC2)c(NC)c1. The van der Waals surface area contributed by atoms with E-state index in [0.717, 1.165) is 13.0 Å². The predicted molar refractivity (Wildman–Crippen MR) is 108 cm³/mol. The summed E-state index contributed by atoms with van der Waals surface area (Å²) in [4.78, 5) is 2.68. The van der Waals surface area contributed by atoms with Crippen LogP contribution in [0.4, 0.5) is 11.4 Å². The van der Waals surface area contributed by atoms with Crippen LogP contribution in [0.1, 0.15) is 70.8 Å². The van der Waals surface area contributed by atoms with Crippen molar-refractivity contribution in [1.29, 1.82) is 0 Å². The molecule has 0 aromatic heterocycles. The zero-order chi connectivity index (χ0) is 17.5. The van der Waals surface area contributed by atoms with Crippen molar-refractivity contribution in [3.63, 3.8) is 0 Å². The van der Waals surface area contributed by atoms with Gasteiger partial charge in [0.25, 0.3) is 0 Å². The van der Waals surface area contributed by atoms with Gasteiger partial charge in [0.2, 0.25) is 0 Å². The molecule has 134 valence electrons. The molecule has 2 heteroatoms. The third-order valence-electron chi connectivity index (χ3n) is 5.27. The number of hydrogen-bond donors (Lipinski definition) is 1. The number of anilines is 2. The Morgan fingerprint density at radius 1 is 1.21 bits per heavy atom.